The van der Waals surface area contributed by atoms with Crippen LogP contribution in [0.1, 0.15) is 84.6 Å². The zero-order chi connectivity index (χ0) is 83.2. The van der Waals surface area contributed by atoms with Crippen LogP contribution in [-0.4, -0.2) is 15.0 Å². The first kappa shape index (κ1) is 91.0. The van der Waals surface area contributed by atoms with Gasteiger partial charge in [-0.1, -0.05) is 256 Å². The van der Waals surface area contributed by atoms with Gasteiger partial charge >= 0.3 is 0 Å². The molecule has 0 saturated carbocycles. The molecule has 0 saturated heterocycles. The van der Waals surface area contributed by atoms with Crippen LogP contribution >= 0.6 is 0 Å². The third-order valence-corrected chi connectivity index (χ3v) is 22.1. The Morgan fingerprint density at radius 2 is 0.520 bits per heavy atom. The monoisotopic (exact) mass is 2340 g/mol. The molecule has 4 radical (unpaired) electrons. The molecular formula is C110H95Ir4N11-8. The van der Waals surface area contributed by atoms with E-state index in [0.717, 1.165) is 85.7 Å². The van der Waals surface area contributed by atoms with Crippen molar-refractivity contribution in [3.63, 3.8) is 0 Å². The summed E-state index contributed by atoms with van der Waals surface area (Å²) in [6.07, 6.45) is 5.53. The van der Waals surface area contributed by atoms with E-state index in [1.807, 2.05) is 97.5 Å². The molecule has 20 rings (SSSR count). The van der Waals surface area contributed by atoms with Crippen LogP contribution in [0.3, 0.4) is 0 Å². The molecule has 11 nitrogen and oxygen atoms in total. The standard InChI is InChI=1S/C29H26N2.2C28H25N3.C25H19N3.4Ir/c1-29(2,3)23-14-11-15-24(20-23)30-21-31(28-19-10-9-18-27(28)30)26-17-8-7-16-25(26)22-12-5-4-6-13-22;1-28(2,3)22-13-9-14-23(19-22)30-20-31(26-17-10-18-29-27(26)30)25-16-8-7-15-24(25)21-11-5-4-6-12-21;1-28(2,3)22-13-9-14-23(19-22)30-20-31(27-26(30)17-10-18-29-27)25-16-8-7-15-24(25)21-11-5-4-6-12-21;1-19-17-21(20-9-4-2-5-10-20)14-15-23(19)28-18-27(22-11-6-3-7-12-22)25-24(28)13-8-16-26-25;;;;/h4-14,16-21H,1-3H3;2*4-13,15-20H,1-3H3;2-11,13-18H,1H3;;;;/q4*-2;;;;. The van der Waals surface area contributed by atoms with Crippen molar-refractivity contribution in [3.05, 3.63) is 444 Å². The first-order valence-electron chi connectivity index (χ1n) is 41.2. The van der Waals surface area contributed by atoms with E-state index in [1.165, 1.54) is 72.4 Å². The molecule has 0 bridgehead atoms. The maximum atomic E-state index is 4.74. The number of hydrogen-bond acceptors (Lipinski definition) is 11. The molecule has 0 aliphatic carbocycles. The summed E-state index contributed by atoms with van der Waals surface area (Å²) >= 11 is 0. The maximum Gasteiger partial charge on any atom is 0.126 e. The molecule has 0 N–H and O–H groups in total. The average Bonchev–Trinajstić information content (AvgIpc) is 1.62. The number of benzene rings is 13. The fraction of sp³-hybridized carbons (Fsp3) is 0.118. The minimum absolute atomic E-state index is 0. The summed E-state index contributed by atoms with van der Waals surface area (Å²) in [5, 5.41) is 0. The number of anilines is 16. The fourth-order valence-electron chi connectivity index (χ4n) is 15.7. The molecule has 13 aromatic carbocycles. The molecule has 125 heavy (non-hydrogen) atoms. The maximum absolute atomic E-state index is 4.74. The summed E-state index contributed by atoms with van der Waals surface area (Å²) in [5.74, 6) is 2.74. The van der Waals surface area contributed by atoms with Gasteiger partial charge in [0.15, 0.2) is 0 Å². The second kappa shape index (κ2) is 40.1. The first-order chi connectivity index (χ1) is 58.9. The van der Waals surface area contributed by atoms with E-state index in [4.69, 9.17) is 9.97 Å². The van der Waals surface area contributed by atoms with Gasteiger partial charge in [-0.15, -0.1) is 67.6 Å². The van der Waals surface area contributed by atoms with Crippen molar-refractivity contribution in [3.8, 4) is 44.5 Å². The van der Waals surface area contributed by atoms with Gasteiger partial charge in [-0.25, -0.2) is 15.0 Å². The molecule has 7 heterocycles. The molecule has 0 amide bonds. The predicted octanol–water partition coefficient (Wildman–Crippen LogP) is 28.6. The van der Waals surface area contributed by atoms with E-state index in [9.17, 15) is 0 Å². The predicted molar refractivity (Wildman–Crippen MR) is 503 cm³/mol. The Morgan fingerprint density at radius 1 is 0.224 bits per heavy atom. The summed E-state index contributed by atoms with van der Waals surface area (Å²) in [6, 6.07) is 136. The second-order valence-corrected chi connectivity index (χ2v) is 33.4. The summed E-state index contributed by atoms with van der Waals surface area (Å²) in [7, 11) is 0. The quantitative estimate of drug-likeness (QED) is 0.110. The van der Waals surface area contributed by atoms with Crippen LogP contribution < -0.4 is 39.2 Å². The third-order valence-electron chi connectivity index (χ3n) is 22.1. The second-order valence-electron chi connectivity index (χ2n) is 33.4. The Bertz CT molecular complexity index is 5820. The van der Waals surface area contributed by atoms with E-state index in [2.05, 4.69) is 437 Å². The number of nitrogens with zero attached hydrogens (tertiary/aromatic N) is 11. The van der Waals surface area contributed by atoms with E-state index in [1.54, 1.807) is 0 Å². The zero-order valence-corrected chi connectivity index (χ0v) is 80.9. The molecule has 15 heteroatoms. The minimum atomic E-state index is 0. The summed E-state index contributed by atoms with van der Waals surface area (Å²) < 4.78 is 0. The fourth-order valence-corrected chi connectivity index (χ4v) is 15.7. The van der Waals surface area contributed by atoms with E-state index in [0.29, 0.717) is 0 Å². The number of fused-ring (bicyclic) bond motifs is 4. The van der Waals surface area contributed by atoms with E-state index < -0.39 is 0 Å². The Kier molecular flexibility index (Phi) is 29.2. The Morgan fingerprint density at radius 3 is 0.928 bits per heavy atom. The summed E-state index contributed by atoms with van der Waals surface area (Å²) in [4.78, 5) is 31.6. The number of aromatic nitrogens is 3. The molecule has 0 atom stereocenters. The minimum Gasteiger partial charge on any atom is -0.493 e. The van der Waals surface area contributed by atoms with Gasteiger partial charge in [0.25, 0.3) is 0 Å². The first-order valence-corrected chi connectivity index (χ1v) is 41.2. The van der Waals surface area contributed by atoms with Gasteiger partial charge in [0.1, 0.15) is 17.5 Å². The molecule has 634 valence electrons. The Balaban J connectivity index is 0.000000142. The smallest absolute Gasteiger partial charge is 0.126 e. The Labute approximate surface area is 792 Å². The largest absolute Gasteiger partial charge is 0.493 e. The molecule has 4 aliphatic heterocycles. The molecule has 0 spiro atoms. The third kappa shape index (κ3) is 19.9. The van der Waals surface area contributed by atoms with Crippen LogP contribution in [0.2, 0.25) is 0 Å². The van der Waals surface area contributed by atoms with E-state index in [-0.39, 0.29) is 96.7 Å². The molecule has 16 aromatic rings. The van der Waals surface area contributed by atoms with Crippen LogP contribution in [-0.2, 0) is 96.7 Å². The van der Waals surface area contributed by atoms with Gasteiger partial charge in [-0.2, -0.15) is 102 Å². The number of pyridine rings is 3. The van der Waals surface area contributed by atoms with E-state index >= 15 is 0 Å². The van der Waals surface area contributed by atoms with Crippen molar-refractivity contribution in [2.45, 2.75) is 85.5 Å². The van der Waals surface area contributed by atoms with Crippen LogP contribution in [0.5, 0.6) is 0 Å². The average molecular weight is 2340 g/mol. The van der Waals surface area contributed by atoms with Crippen LogP contribution in [0, 0.1) is 57.9 Å². The number of rotatable bonds is 12. The van der Waals surface area contributed by atoms with Crippen molar-refractivity contribution in [2.24, 2.45) is 0 Å². The molecule has 0 unspecified atom stereocenters. The Hall–Kier alpha value is -11.7. The van der Waals surface area contributed by atoms with Crippen molar-refractivity contribution in [2.75, 3.05) is 39.2 Å². The normalized spacial score (nSPS) is 12.8. The zero-order valence-electron chi connectivity index (χ0n) is 71.3. The molecular weight excluding hydrogens is 2240 g/mol. The van der Waals surface area contributed by atoms with Crippen molar-refractivity contribution in [1.82, 2.24) is 15.0 Å². The van der Waals surface area contributed by atoms with Crippen molar-refractivity contribution < 1.29 is 80.4 Å². The van der Waals surface area contributed by atoms with Crippen molar-refractivity contribution in [1.29, 1.82) is 0 Å². The van der Waals surface area contributed by atoms with Gasteiger partial charge in [0.2, 0.25) is 0 Å². The van der Waals surface area contributed by atoms with Gasteiger partial charge in [-0.05, 0) is 135 Å². The molecule has 0 fully saturated rings. The summed E-state index contributed by atoms with van der Waals surface area (Å²) in [6.45, 7) is 30.8. The molecule has 3 aromatic heterocycles. The van der Waals surface area contributed by atoms with Gasteiger partial charge in [-0.3, -0.25) is 0 Å². The summed E-state index contributed by atoms with van der Waals surface area (Å²) in [5.41, 5.74) is 29.0. The van der Waals surface area contributed by atoms with Crippen LogP contribution in [0.4, 0.5) is 91.4 Å². The van der Waals surface area contributed by atoms with Crippen LogP contribution in [0.25, 0.3) is 44.5 Å². The number of hydrogen-bond donors (Lipinski definition) is 0. The topological polar surface area (TPSA) is 64.6 Å². The van der Waals surface area contributed by atoms with Gasteiger partial charge < -0.3 is 39.2 Å². The van der Waals surface area contributed by atoms with Crippen LogP contribution in [0.15, 0.2) is 370 Å². The number of aryl methyl sites for hydroxylation is 1. The van der Waals surface area contributed by atoms with Gasteiger partial charge in [0, 0.05) is 150 Å². The molecule has 4 aliphatic rings. The van der Waals surface area contributed by atoms with Crippen molar-refractivity contribution >= 4 is 91.4 Å². The number of para-hydroxylation sites is 6. The SMILES string of the molecule is CC(C)(C)c1cc[c-]c(N2[CH-]N(c3ccccc3-c3ccccc3)c3ccccc32)c1.CC(C)(C)c1cc[c-]c(N2[CH-]N(c3ccccc3-c3ccccc3)c3cccnc32)c1.CC(C)(C)c1cc[c-]c(N2[CH-]N(c3ccccc3-c3ccccc3)c3ncccc32)c1.Cc1cc(-c2ccccc2)ccc1N1[CH-]N(c2[c-]cccc2)c2ncccc21.[Ir].[Ir].[Ir].[Ir]. The van der Waals surface area contributed by atoms with Gasteiger partial charge in [0.05, 0.1) is 17.1 Å².